The number of hydrogen-bond donors (Lipinski definition) is 1. The topological polar surface area (TPSA) is 68.9 Å². The molecule has 0 bridgehead atoms. The standard InChI is InChI=1S/C24H24N4O2/c1-4-10-27-14-20(23(29)25-18-12-16(2)11-17(3)13-18)22-21(15-27)24(30)28(26-22)19-8-6-5-7-9-19/h5-9,11-15H,4,10H2,1-3H3,(H,25,29). The third-order valence-electron chi connectivity index (χ3n) is 4.93. The molecule has 0 atom stereocenters. The van der Waals surface area contributed by atoms with Gasteiger partial charge in [0.05, 0.1) is 16.8 Å². The van der Waals surface area contributed by atoms with Gasteiger partial charge in [-0.3, -0.25) is 9.59 Å². The van der Waals surface area contributed by atoms with Crippen LogP contribution in [0.5, 0.6) is 0 Å². The minimum absolute atomic E-state index is 0.234. The molecule has 0 saturated carbocycles. The normalized spacial score (nSPS) is 11.0. The predicted molar refractivity (Wildman–Crippen MR) is 119 cm³/mol. The minimum atomic E-state index is -0.284. The summed E-state index contributed by atoms with van der Waals surface area (Å²) in [7, 11) is 0. The van der Waals surface area contributed by atoms with Crippen LogP contribution >= 0.6 is 0 Å². The second-order valence-corrected chi connectivity index (χ2v) is 7.55. The summed E-state index contributed by atoms with van der Waals surface area (Å²) in [6.07, 6.45) is 4.43. The average Bonchev–Trinajstić information content (AvgIpc) is 3.04. The van der Waals surface area contributed by atoms with E-state index in [2.05, 4.69) is 23.4 Å². The van der Waals surface area contributed by atoms with Crippen molar-refractivity contribution in [2.75, 3.05) is 5.32 Å². The Morgan fingerprint density at radius 2 is 1.73 bits per heavy atom. The quantitative estimate of drug-likeness (QED) is 0.539. The van der Waals surface area contributed by atoms with E-state index in [4.69, 9.17) is 0 Å². The van der Waals surface area contributed by atoms with Crippen molar-refractivity contribution in [3.63, 3.8) is 0 Å². The fraction of sp³-hybridized carbons (Fsp3) is 0.208. The van der Waals surface area contributed by atoms with Crippen LogP contribution in [-0.2, 0) is 6.54 Å². The molecule has 0 unspecified atom stereocenters. The van der Waals surface area contributed by atoms with Gasteiger partial charge >= 0.3 is 0 Å². The first-order chi connectivity index (χ1) is 14.5. The van der Waals surface area contributed by atoms with E-state index in [1.165, 1.54) is 4.68 Å². The number of pyridine rings is 1. The Hall–Kier alpha value is -3.67. The van der Waals surface area contributed by atoms with Crippen molar-refractivity contribution in [2.45, 2.75) is 33.7 Å². The number of benzene rings is 2. The Bertz CT molecular complexity index is 1220. The van der Waals surface area contributed by atoms with Gasteiger partial charge in [-0.25, -0.2) is 0 Å². The van der Waals surface area contributed by atoms with Crippen LogP contribution in [0, 0.1) is 13.8 Å². The summed E-state index contributed by atoms with van der Waals surface area (Å²) in [4.78, 5) is 26.3. The number of amides is 1. The molecule has 1 amide bonds. The Balaban J connectivity index is 1.83. The molecule has 0 spiro atoms. The molecule has 30 heavy (non-hydrogen) atoms. The minimum Gasteiger partial charge on any atom is -0.353 e. The molecule has 2 heterocycles. The molecule has 0 aromatic heterocycles. The van der Waals surface area contributed by atoms with Crippen molar-refractivity contribution in [2.24, 2.45) is 0 Å². The largest absolute Gasteiger partial charge is 0.353 e. The van der Waals surface area contributed by atoms with E-state index in [9.17, 15) is 9.59 Å². The molecular weight excluding hydrogens is 376 g/mol. The average molecular weight is 400 g/mol. The van der Waals surface area contributed by atoms with Crippen molar-refractivity contribution in [3.05, 3.63) is 88.0 Å². The Morgan fingerprint density at radius 1 is 1.03 bits per heavy atom. The Morgan fingerprint density at radius 3 is 2.40 bits per heavy atom. The molecule has 0 fully saturated rings. The van der Waals surface area contributed by atoms with Crippen LogP contribution in [0.2, 0.25) is 0 Å². The van der Waals surface area contributed by atoms with Gasteiger partial charge in [0.2, 0.25) is 0 Å². The lowest BCUT2D eigenvalue weighted by Gasteiger charge is -2.13. The number of nitrogens with one attached hydrogen (secondary N) is 1. The molecule has 4 rings (SSSR count). The van der Waals surface area contributed by atoms with Gasteiger partial charge in [-0.05, 0) is 55.7 Å². The highest BCUT2D eigenvalue weighted by atomic mass is 16.2. The number of aromatic nitrogens is 3. The molecule has 0 radical (unpaired) electrons. The van der Waals surface area contributed by atoms with E-state index in [1.54, 1.807) is 12.4 Å². The number of nitrogens with zero attached hydrogens (tertiary/aromatic N) is 3. The molecule has 2 aliphatic rings. The maximum Gasteiger partial charge on any atom is 0.282 e. The molecule has 0 saturated heterocycles. The van der Waals surface area contributed by atoms with Gasteiger partial charge in [0.25, 0.3) is 11.5 Å². The smallest absolute Gasteiger partial charge is 0.282 e. The second kappa shape index (κ2) is 7.99. The number of rotatable bonds is 5. The van der Waals surface area contributed by atoms with Crippen molar-refractivity contribution in [1.82, 2.24) is 14.3 Å². The van der Waals surface area contributed by atoms with Crippen LogP contribution in [0.25, 0.3) is 16.9 Å². The van der Waals surface area contributed by atoms with E-state index >= 15 is 0 Å². The monoisotopic (exact) mass is 400 g/mol. The van der Waals surface area contributed by atoms with Crippen LogP contribution in [0.1, 0.15) is 34.8 Å². The maximum atomic E-state index is 13.2. The number of carbonyl (C=O) groups is 1. The van der Waals surface area contributed by atoms with E-state index in [0.717, 1.165) is 23.2 Å². The summed E-state index contributed by atoms with van der Waals surface area (Å²) in [6, 6.07) is 15.1. The molecule has 6 nitrogen and oxygen atoms in total. The third-order valence-corrected chi connectivity index (χ3v) is 4.93. The van der Waals surface area contributed by atoms with E-state index < -0.39 is 0 Å². The molecule has 2 aromatic carbocycles. The molecule has 6 heteroatoms. The van der Waals surface area contributed by atoms with Gasteiger partial charge in [-0.15, -0.1) is 0 Å². The van der Waals surface area contributed by atoms with Crippen molar-refractivity contribution < 1.29 is 4.79 Å². The fourth-order valence-corrected chi connectivity index (χ4v) is 3.70. The highest BCUT2D eigenvalue weighted by Crippen LogP contribution is 2.24. The zero-order chi connectivity index (χ0) is 21.3. The summed E-state index contributed by atoms with van der Waals surface area (Å²) in [5.41, 5.74) is 4.51. The number of anilines is 1. The first-order valence-electron chi connectivity index (χ1n) is 10.0. The first kappa shape index (κ1) is 19.6. The zero-order valence-corrected chi connectivity index (χ0v) is 17.3. The van der Waals surface area contributed by atoms with Crippen LogP contribution in [0.4, 0.5) is 5.69 Å². The predicted octanol–water partition coefficient (Wildman–Crippen LogP) is 4.42. The molecule has 2 aromatic rings. The number of carbonyl (C=O) groups excluding carboxylic acids is 1. The van der Waals surface area contributed by atoms with E-state index in [-0.39, 0.29) is 11.5 Å². The van der Waals surface area contributed by atoms with Crippen LogP contribution in [0.15, 0.2) is 65.7 Å². The highest BCUT2D eigenvalue weighted by Gasteiger charge is 2.24. The lowest BCUT2D eigenvalue weighted by atomic mass is 10.1. The first-order valence-corrected chi connectivity index (χ1v) is 10.0. The van der Waals surface area contributed by atoms with Gasteiger partial charge in [0, 0.05) is 24.6 Å². The molecule has 1 N–H and O–H groups in total. The van der Waals surface area contributed by atoms with Gasteiger partial charge in [-0.1, -0.05) is 31.2 Å². The lowest BCUT2D eigenvalue weighted by Crippen LogP contribution is -2.17. The number of para-hydroxylation sites is 1. The van der Waals surface area contributed by atoms with Crippen LogP contribution in [-0.4, -0.2) is 20.3 Å². The van der Waals surface area contributed by atoms with E-state index in [1.807, 2.05) is 60.9 Å². The van der Waals surface area contributed by atoms with Crippen molar-refractivity contribution >= 4 is 11.6 Å². The summed E-state index contributed by atoms with van der Waals surface area (Å²) in [6.45, 7) is 6.74. The molecule has 2 aliphatic heterocycles. The van der Waals surface area contributed by atoms with Gasteiger partial charge in [0.1, 0.15) is 5.69 Å². The van der Waals surface area contributed by atoms with Crippen LogP contribution in [0.3, 0.4) is 0 Å². The SMILES string of the molecule is CCCn1cc(C(=O)Nc2cc(C)cc(C)c2)c2nn(-c3ccccc3)c(=O)c-2c1. The Kier molecular flexibility index (Phi) is 5.23. The van der Waals surface area contributed by atoms with Crippen LogP contribution < -0.4 is 10.9 Å². The second-order valence-electron chi connectivity index (χ2n) is 7.55. The summed E-state index contributed by atoms with van der Waals surface area (Å²) in [5, 5.41) is 7.48. The molecule has 0 aliphatic carbocycles. The summed E-state index contributed by atoms with van der Waals surface area (Å²) >= 11 is 0. The number of aryl methyl sites for hydroxylation is 3. The summed E-state index contributed by atoms with van der Waals surface area (Å²) in [5.74, 6) is -0.284. The molecular formula is C24H24N4O2. The van der Waals surface area contributed by atoms with Crippen molar-refractivity contribution in [1.29, 1.82) is 0 Å². The maximum absolute atomic E-state index is 13.2. The highest BCUT2D eigenvalue weighted by molar-refractivity contribution is 6.08. The fourth-order valence-electron chi connectivity index (χ4n) is 3.70. The third kappa shape index (κ3) is 3.76. The Labute approximate surface area is 175 Å². The van der Waals surface area contributed by atoms with E-state index in [0.29, 0.717) is 29.1 Å². The zero-order valence-electron chi connectivity index (χ0n) is 17.3. The van der Waals surface area contributed by atoms with Gasteiger partial charge < -0.3 is 9.88 Å². The summed E-state index contributed by atoms with van der Waals surface area (Å²) < 4.78 is 3.24. The van der Waals surface area contributed by atoms with Gasteiger partial charge in [-0.2, -0.15) is 9.78 Å². The van der Waals surface area contributed by atoms with Gasteiger partial charge in [0.15, 0.2) is 0 Å². The van der Waals surface area contributed by atoms with Crippen molar-refractivity contribution in [3.8, 4) is 16.9 Å². The number of hydrogen-bond acceptors (Lipinski definition) is 3. The lowest BCUT2D eigenvalue weighted by molar-refractivity contribution is 0.102. The molecule has 152 valence electrons. The number of fused-ring (bicyclic) bond motifs is 1.